The molecule has 0 aromatic heterocycles. The maximum atomic E-state index is 11.6. The van der Waals surface area contributed by atoms with Crippen molar-refractivity contribution in [1.29, 1.82) is 0 Å². The molecule has 0 aliphatic rings. The minimum Gasteiger partial charge on any atom is -0.465 e. The fourth-order valence-electron chi connectivity index (χ4n) is 1.30. The second-order valence-corrected chi connectivity index (χ2v) is 4.13. The number of rotatable bonds is 5. The summed E-state index contributed by atoms with van der Waals surface area (Å²) in [5, 5.41) is 5.11. The normalized spacial score (nSPS) is 10.1. The second kappa shape index (κ2) is 8.82. The smallest absolute Gasteiger partial charge is 0.325 e. The van der Waals surface area contributed by atoms with Crippen molar-refractivity contribution in [1.82, 2.24) is 10.6 Å². The van der Waals surface area contributed by atoms with Crippen molar-refractivity contribution < 1.29 is 14.3 Å². The van der Waals surface area contributed by atoms with Crippen LogP contribution in [0.3, 0.4) is 0 Å². The van der Waals surface area contributed by atoms with Crippen molar-refractivity contribution in [3.8, 4) is 0 Å². The van der Waals surface area contributed by atoms with E-state index in [2.05, 4.69) is 10.6 Å². The van der Waals surface area contributed by atoms with Gasteiger partial charge in [0.2, 0.25) is 5.91 Å². The maximum absolute atomic E-state index is 11.6. The molecule has 0 aliphatic heterocycles. The zero-order valence-electron chi connectivity index (χ0n) is 11.1. The molecule has 0 saturated heterocycles. The van der Waals surface area contributed by atoms with Crippen LogP contribution in [0.15, 0.2) is 36.4 Å². The summed E-state index contributed by atoms with van der Waals surface area (Å²) in [5.74, 6) is -0.792. The molecule has 1 aromatic rings. The van der Waals surface area contributed by atoms with Gasteiger partial charge in [-0.1, -0.05) is 30.3 Å². The van der Waals surface area contributed by atoms with Crippen LogP contribution in [-0.4, -0.2) is 30.1 Å². The topological polar surface area (TPSA) is 67.4 Å². The number of hydrogen-bond donors (Lipinski definition) is 2. The first kappa shape index (κ1) is 15.8. The largest absolute Gasteiger partial charge is 0.465 e. The van der Waals surface area contributed by atoms with Crippen LogP contribution in [0.25, 0.3) is 6.08 Å². The molecule has 0 aliphatic carbocycles. The molecule has 0 radical (unpaired) electrons. The number of benzene rings is 1. The van der Waals surface area contributed by atoms with Gasteiger partial charge >= 0.3 is 5.97 Å². The zero-order valence-corrected chi connectivity index (χ0v) is 11.9. The Bertz CT molecular complexity index is 500. The minimum absolute atomic E-state index is 0.0741. The summed E-state index contributed by atoms with van der Waals surface area (Å²) in [4.78, 5) is 22.6. The van der Waals surface area contributed by atoms with Gasteiger partial charge in [0.1, 0.15) is 6.54 Å². The van der Waals surface area contributed by atoms with E-state index in [9.17, 15) is 9.59 Å². The van der Waals surface area contributed by atoms with E-state index >= 15 is 0 Å². The molecule has 1 amide bonds. The summed E-state index contributed by atoms with van der Waals surface area (Å²) in [5.41, 5.74) is 0.910. The van der Waals surface area contributed by atoms with E-state index in [4.69, 9.17) is 17.0 Å². The van der Waals surface area contributed by atoms with Crippen molar-refractivity contribution in [2.45, 2.75) is 6.92 Å². The van der Waals surface area contributed by atoms with E-state index in [1.165, 1.54) is 6.08 Å². The highest BCUT2D eigenvalue weighted by Crippen LogP contribution is 2.00. The van der Waals surface area contributed by atoms with Gasteiger partial charge in [-0.15, -0.1) is 0 Å². The molecule has 106 valence electrons. The van der Waals surface area contributed by atoms with Gasteiger partial charge in [0.25, 0.3) is 0 Å². The molecule has 1 aromatic carbocycles. The molecule has 2 N–H and O–H groups in total. The molecular formula is C14H16N2O3S. The van der Waals surface area contributed by atoms with E-state index < -0.39 is 5.97 Å². The van der Waals surface area contributed by atoms with Crippen LogP contribution >= 0.6 is 12.2 Å². The quantitative estimate of drug-likeness (QED) is 0.486. The van der Waals surface area contributed by atoms with Gasteiger partial charge < -0.3 is 10.1 Å². The number of ether oxygens (including phenoxy) is 1. The molecular weight excluding hydrogens is 276 g/mol. The summed E-state index contributed by atoms with van der Waals surface area (Å²) >= 11 is 4.88. The van der Waals surface area contributed by atoms with Gasteiger partial charge in [0.15, 0.2) is 5.11 Å². The average molecular weight is 292 g/mol. The van der Waals surface area contributed by atoms with Crippen molar-refractivity contribution in [2.75, 3.05) is 13.2 Å². The lowest BCUT2D eigenvalue weighted by atomic mass is 10.2. The third kappa shape index (κ3) is 6.65. The molecule has 0 heterocycles. The Morgan fingerprint density at radius 2 is 2.00 bits per heavy atom. The van der Waals surface area contributed by atoms with Gasteiger partial charge in [-0.25, -0.2) is 0 Å². The Hall–Kier alpha value is -2.21. The van der Waals surface area contributed by atoms with E-state index in [0.29, 0.717) is 6.61 Å². The summed E-state index contributed by atoms with van der Waals surface area (Å²) in [6.07, 6.45) is 3.04. The molecule has 0 atom stereocenters. The molecule has 5 nitrogen and oxygen atoms in total. The third-order valence-electron chi connectivity index (χ3n) is 2.16. The van der Waals surface area contributed by atoms with Crippen LogP contribution in [0.5, 0.6) is 0 Å². The second-order valence-electron chi connectivity index (χ2n) is 3.72. The highest BCUT2D eigenvalue weighted by molar-refractivity contribution is 7.80. The number of nitrogens with one attached hydrogen (secondary N) is 2. The lowest BCUT2D eigenvalue weighted by molar-refractivity contribution is -0.141. The zero-order chi connectivity index (χ0) is 14.8. The highest BCUT2D eigenvalue weighted by atomic mass is 32.1. The van der Waals surface area contributed by atoms with Gasteiger partial charge in [0.05, 0.1) is 6.61 Å². The van der Waals surface area contributed by atoms with Crippen LogP contribution < -0.4 is 10.6 Å². The Kier molecular flexibility index (Phi) is 6.99. The van der Waals surface area contributed by atoms with Gasteiger partial charge in [0, 0.05) is 6.08 Å². The molecule has 0 bridgehead atoms. The summed E-state index contributed by atoms with van der Waals surface area (Å²) in [6.45, 7) is 1.95. The van der Waals surface area contributed by atoms with Crippen LogP contribution in [0.4, 0.5) is 0 Å². The Labute approximate surface area is 123 Å². The van der Waals surface area contributed by atoms with Crippen LogP contribution in [0.2, 0.25) is 0 Å². The SMILES string of the molecule is CCOC(=O)CNC(=S)NC(=O)/C=C/c1ccccc1. The summed E-state index contributed by atoms with van der Waals surface area (Å²) in [6, 6.07) is 9.40. The molecule has 20 heavy (non-hydrogen) atoms. The first-order valence-electron chi connectivity index (χ1n) is 6.09. The Morgan fingerprint density at radius 3 is 2.65 bits per heavy atom. The lowest BCUT2D eigenvalue weighted by Crippen LogP contribution is -2.41. The van der Waals surface area contributed by atoms with Gasteiger partial charge in [-0.05, 0) is 30.8 Å². The highest BCUT2D eigenvalue weighted by Gasteiger charge is 2.04. The maximum Gasteiger partial charge on any atom is 0.325 e. The van der Waals surface area contributed by atoms with Crippen LogP contribution in [0, 0.1) is 0 Å². The summed E-state index contributed by atoms with van der Waals surface area (Å²) < 4.78 is 4.71. The standard InChI is InChI=1S/C14H16N2O3S/c1-2-19-13(18)10-15-14(20)16-12(17)9-8-11-6-4-3-5-7-11/h3-9H,2,10H2,1H3,(H2,15,16,17,20)/b9-8+. The number of thiocarbonyl (C=S) groups is 1. The lowest BCUT2D eigenvalue weighted by Gasteiger charge is -2.07. The van der Waals surface area contributed by atoms with Gasteiger partial charge in [-0.2, -0.15) is 0 Å². The Morgan fingerprint density at radius 1 is 1.30 bits per heavy atom. The van der Waals surface area contributed by atoms with E-state index in [1.807, 2.05) is 30.3 Å². The first-order chi connectivity index (χ1) is 9.61. The van der Waals surface area contributed by atoms with Crippen molar-refractivity contribution in [3.05, 3.63) is 42.0 Å². The van der Waals surface area contributed by atoms with E-state index in [-0.39, 0.29) is 17.6 Å². The predicted molar refractivity (Wildman–Crippen MR) is 80.9 cm³/mol. The third-order valence-corrected chi connectivity index (χ3v) is 2.41. The monoisotopic (exact) mass is 292 g/mol. The van der Waals surface area contributed by atoms with Crippen molar-refractivity contribution >= 4 is 35.3 Å². The predicted octanol–water partition coefficient (Wildman–Crippen LogP) is 1.25. The molecule has 0 saturated carbocycles. The number of amides is 1. The van der Waals surface area contributed by atoms with E-state index in [1.54, 1.807) is 13.0 Å². The molecule has 1 rings (SSSR count). The average Bonchev–Trinajstić information content (AvgIpc) is 2.44. The molecule has 0 spiro atoms. The molecule has 6 heteroatoms. The van der Waals surface area contributed by atoms with Crippen LogP contribution in [0.1, 0.15) is 12.5 Å². The number of carbonyl (C=O) groups excluding carboxylic acids is 2. The number of esters is 1. The minimum atomic E-state index is -0.427. The number of hydrogen-bond acceptors (Lipinski definition) is 4. The number of carbonyl (C=O) groups is 2. The fraction of sp³-hybridized carbons (Fsp3) is 0.214. The van der Waals surface area contributed by atoms with Crippen LogP contribution in [-0.2, 0) is 14.3 Å². The molecule has 0 unspecified atom stereocenters. The fourth-order valence-corrected chi connectivity index (χ4v) is 1.47. The Balaban J connectivity index is 2.33. The van der Waals surface area contributed by atoms with Gasteiger partial charge in [-0.3, -0.25) is 14.9 Å². The first-order valence-corrected chi connectivity index (χ1v) is 6.50. The van der Waals surface area contributed by atoms with Crippen molar-refractivity contribution in [3.63, 3.8) is 0 Å². The molecule has 0 fully saturated rings. The van der Waals surface area contributed by atoms with E-state index in [0.717, 1.165) is 5.56 Å². The summed E-state index contributed by atoms with van der Waals surface area (Å²) in [7, 11) is 0. The van der Waals surface area contributed by atoms with Crippen molar-refractivity contribution in [2.24, 2.45) is 0 Å².